The molecule has 0 aromatic heterocycles. The number of methoxy groups -OCH3 is 1. The summed E-state index contributed by atoms with van der Waals surface area (Å²) < 4.78 is 32.4. The lowest BCUT2D eigenvalue weighted by Crippen LogP contribution is -2.15. The largest absolute Gasteiger partial charge is 0.495 e. The Hall–Kier alpha value is -2.32. The molecule has 0 saturated heterocycles. The van der Waals surface area contributed by atoms with Gasteiger partial charge in [0.05, 0.1) is 17.7 Å². The van der Waals surface area contributed by atoms with Crippen molar-refractivity contribution < 1.29 is 18.1 Å². The number of hydrogen-bond donors (Lipinski definition) is 1. The summed E-state index contributed by atoms with van der Waals surface area (Å²) in [6, 6.07) is 8.05. The molecule has 122 valence electrons. The third-order valence-electron chi connectivity index (χ3n) is 3.08. The maximum Gasteiger partial charge on any atom is 0.289 e. The van der Waals surface area contributed by atoms with Gasteiger partial charge in [-0.1, -0.05) is 23.7 Å². The monoisotopic (exact) mass is 356 g/mol. The van der Waals surface area contributed by atoms with E-state index in [0.29, 0.717) is 10.6 Å². The molecular weight excluding hydrogens is 344 g/mol. The van der Waals surface area contributed by atoms with Crippen LogP contribution in [0, 0.1) is 17.0 Å². The lowest BCUT2D eigenvalue weighted by Gasteiger charge is -2.13. The molecule has 7 nitrogen and oxygen atoms in total. The number of sulfonamides is 1. The van der Waals surface area contributed by atoms with Gasteiger partial charge in [-0.2, -0.15) is 0 Å². The number of nitrogens with one attached hydrogen (secondary N) is 1. The normalized spacial score (nSPS) is 11.1. The van der Waals surface area contributed by atoms with E-state index in [2.05, 4.69) is 4.72 Å². The standard InChI is InChI=1S/C14H13ClN2O5S/c1-9-7-11(13(22-2)8-10(9)15)16-23(20,21)14-6-4-3-5-12(14)17(18)19/h3-8,16H,1-2H3. The van der Waals surface area contributed by atoms with Crippen molar-refractivity contribution in [1.82, 2.24) is 0 Å². The van der Waals surface area contributed by atoms with E-state index in [0.717, 1.165) is 12.1 Å². The fraction of sp³-hybridized carbons (Fsp3) is 0.143. The molecule has 0 aliphatic carbocycles. The first-order chi connectivity index (χ1) is 10.8. The number of para-hydroxylation sites is 1. The van der Waals surface area contributed by atoms with Crippen LogP contribution in [0.4, 0.5) is 11.4 Å². The second-order valence-electron chi connectivity index (χ2n) is 4.63. The molecule has 0 fully saturated rings. The van der Waals surface area contributed by atoms with Crippen molar-refractivity contribution in [1.29, 1.82) is 0 Å². The van der Waals surface area contributed by atoms with Crippen LogP contribution in [0.2, 0.25) is 5.02 Å². The van der Waals surface area contributed by atoms with Crippen molar-refractivity contribution >= 4 is 33.0 Å². The minimum Gasteiger partial charge on any atom is -0.495 e. The number of halogens is 1. The number of nitrogens with zero attached hydrogens (tertiary/aromatic N) is 1. The molecule has 0 spiro atoms. The highest BCUT2D eigenvalue weighted by Gasteiger charge is 2.26. The lowest BCUT2D eigenvalue weighted by atomic mass is 10.2. The molecule has 0 amide bonds. The molecule has 2 rings (SSSR count). The van der Waals surface area contributed by atoms with E-state index in [1.54, 1.807) is 6.92 Å². The fourth-order valence-corrected chi connectivity index (χ4v) is 3.34. The Balaban J connectivity index is 2.52. The van der Waals surface area contributed by atoms with Gasteiger partial charge in [-0.3, -0.25) is 14.8 Å². The van der Waals surface area contributed by atoms with Crippen LogP contribution >= 0.6 is 11.6 Å². The molecule has 0 aliphatic heterocycles. The Bertz CT molecular complexity index is 867. The maximum atomic E-state index is 12.5. The van der Waals surface area contributed by atoms with Crippen LogP contribution in [-0.2, 0) is 10.0 Å². The Morgan fingerprint density at radius 3 is 2.52 bits per heavy atom. The van der Waals surface area contributed by atoms with Gasteiger partial charge in [0.25, 0.3) is 15.7 Å². The van der Waals surface area contributed by atoms with Gasteiger partial charge < -0.3 is 4.74 Å². The van der Waals surface area contributed by atoms with Crippen LogP contribution in [0.15, 0.2) is 41.3 Å². The van der Waals surface area contributed by atoms with Crippen molar-refractivity contribution in [2.75, 3.05) is 11.8 Å². The van der Waals surface area contributed by atoms with Crippen LogP contribution in [0.1, 0.15) is 5.56 Å². The second-order valence-corrected chi connectivity index (χ2v) is 6.69. The molecule has 0 bridgehead atoms. The topological polar surface area (TPSA) is 98.5 Å². The Morgan fingerprint density at radius 2 is 1.91 bits per heavy atom. The van der Waals surface area contributed by atoms with Gasteiger partial charge >= 0.3 is 0 Å². The first-order valence-corrected chi connectivity index (χ1v) is 8.22. The number of benzene rings is 2. The molecule has 0 radical (unpaired) electrons. The zero-order valence-corrected chi connectivity index (χ0v) is 13.8. The molecule has 0 saturated carbocycles. The summed E-state index contributed by atoms with van der Waals surface area (Å²) in [6.07, 6.45) is 0. The van der Waals surface area contributed by atoms with Crippen LogP contribution in [0.25, 0.3) is 0 Å². The molecule has 9 heteroatoms. The first-order valence-electron chi connectivity index (χ1n) is 6.36. The number of anilines is 1. The Labute approximate surface area is 138 Å². The van der Waals surface area contributed by atoms with Gasteiger partial charge in [0.15, 0.2) is 4.90 Å². The van der Waals surface area contributed by atoms with E-state index in [-0.39, 0.29) is 11.4 Å². The van der Waals surface area contributed by atoms with Crippen LogP contribution < -0.4 is 9.46 Å². The quantitative estimate of drug-likeness (QED) is 0.654. The number of aryl methyl sites for hydroxylation is 1. The number of rotatable bonds is 5. The van der Waals surface area contributed by atoms with E-state index in [4.69, 9.17) is 16.3 Å². The van der Waals surface area contributed by atoms with E-state index in [1.807, 2.05) is 0 Å². The minimum absolute atomic E-state index is 0.146. The predicted octanol–water partition coefficient (Wildman–Crippen LogP) is 3.37. The average molecular weight is 357 g/mol. The molecule has 0 heterocycles. The zero-order chi connectivity index (χ0) is 17.2. The van der Waals surface area contributed by atoms with Crippen molar-refractivity contribution in [2.24, 2.45) is 0 Å². The van der Waals surface area contributed by atoms with Gasteiger partial charge in [0.2, 0.25) is 0 Å². The van der Waals surface area contributed by atoms with E-state index < -0.39 is 25.5 Å². The first kappa shape index (κ1) is 17.0. The molecular formula is C14H13ClN2O5S. The Morgan fingerprint density at radius 1 is 1.26 bits per heavy atom. The molecule has 0 atom stereocenters. The van der Waals surface area contributed by atoms with Crippen LogP contribution in [-0.4, -0.2) is 20.5 Å². The number of ether oxygens (including phenoxy) is 1. The highest BCUT2D eigenvalue weighted by Crippen LogP contribution is 2.33. The smallest absolute Gasteiger partial charge is 0.289 e. The molecule has 2 aromatic rings. The van der Waals surface area contributed by atoms with Gasteiger partial charge in [0.1, 0.15) is 5.75 Å². The van der Waals surface area contributed by atoms with Gasteiger partial charge in [-0.05, 0) is 24.6 Å². The van der Waals surface area contributed by atoms with Crippen molar-refractivity contribution in [2.45, 2.75) is 11.8 Å². The average Bonchev–Trinajstić information content (AvgIpc) is 2.50. The fourth-order valence-electron chi connectivity index (χ4n) is 1.95. The van der Waals surface area contributed by atoms with Gasteiger partial charge in [-0.15, -0.1) is 0 Å². The summed E-state index contributed by atoms with van der Waals surface area (Å²) in [5.41, 5.74) is 0.268. The highest BCUT2D eigenvalue weighted by atomic mass is 35.5. The molecule has 2 aromatic carbocycles. The zero-order valence-electron chi connectivity index (χ0n) is 12.2. The number of nitro groups is 1. The van der Waals surface area contributed by atoms with E-state index in [9.17, 15) is 18.5 Å². The Kier molecular flexibility index (Phi) is 4.76. The summed E-state index contributed by atoms with van der Waals surface area (Å²) in [6.45, 7) is 1.70. The van der Waals surface area contributed by atoms with E-state index in [1.165, 1.54) is 31.4 Å². The second kappa shape index (κ2) is 6.43. The highest BCUT2D eigenvalue weighted by molar-refractivity contribution is 7.92. The van der Waals surface area contributed by atoms with Crippen molar-refractivity contribution in [3.63, 3.8) is 0 Å². The van der Waals surface area contributed by atoms with Gasteiger partial charge in [0, 0.05) is 17.2 Å². The molecule has 23 heavy (non-hydrogen) atoms. The summed E-state index contributed by atoms with van der Waals surface area (Å²) in [4.78, 5) is 9.83. The SMILES string of the molecule is COc1cc(Cl)c(C)cc1NS(=O)(=O)c1ccccc1[N+](=O)[O-]. The lowest BCUT2D eigenvalue weighted by molar-refractivity contribution is -0.387. The number of hydrogen-bond acceptors (Lipinski definition) is 5. The van der Waals surface area contributed by atoms with E-state index >= 15 is 0 Å². The number of nitro benzene ring substituents is 1. The molecule has 0 unspecified atom stereocenters. The minimum atomic E-state index is -4.17. The third-order valence-corrected chi connectivity index (χ3v) is 4.90. The van der Waals surface area contributed by atoms with Crippen LogP contribution in [0.3, 0.4) is 0 Å². The van der Waals surface area contributed by atoms with Crippen LogP contribution in [0.5, 0.6) is 5.75 Å². The van der Waals surface area contributed by atoms with Crippen molar-refractivity contribution in [3.05, 3.63) is 57.1 Å². The summed E-state index contributed by atoms with van der Waals surface area (Å²) >= 11 is 5.97. The maximum absolute atomic E-state index is 12.5. The molecule has 0 aliphatic rings. The third kappa shape index (κ3) is 3.54. The molecule has 1 N–H and O–H groups in total. The van der Waals surface area contributed by atoms with Gasteiger partial charge in [-0.25, -0.2) is 8.42 Å². The predicted molar refractivity (Wildman–Crippen MR) is 86.6 cm³/mol. The van der Waals surface area contributed by atoms with Crippen molar-refractivity contribution in [3.8, 4) is 5.75 Å². The summed E-state index contributed by atoms with van der Waals surface area (Å²) in [7, 11) is -2.80. The summed E-state index contributed by atoms with van der Waals surface area (Å²) in [5, 5.41) is 11.4. The summed E-state index contributed by atoms with van der Waals surface area (Å²) in [5.74, 6) is 0.211.